The molecule has 1 aromatic rings. The molecule has 17 heavy (non-hydrogen) atoms. The number of isocyanates is 1. The molecule has 2 atom stereocenters. The number of carbonyl (C=O) groups excluding carboxylic acids is 1. The third-order valence-corrected chi connectivity index (χ3v) is 3.16. The van der Waals surface area contributed by atoms with Crippen LogP contribution in [0.5, 0.6) is 0 Å². The van der Waals surface area contributed by atoms with Crippen LogP contribution in [0.3, 0.4) is 0 Å². The molecule has 90 valence electrons. The van der Waals surface area contributed by atoms with Crippen molar-refractivity contribution >= 4 is 6.08 Å². The van der Waals surface area contributed by atoms with E-state index in [2.05, 4.69) is 17.1 Å². The van der Waals surface area contributed by atoms with Crippen molar-refractivity contribution in [1.29, 1.82) is 0 Å². The molecular weight excluding hydrogens is 214 g/mol. The Labute approximate surface area is 102 Å². The summed E-state index contributed by atoms with van der Waals surface area (Å²) in [6.45, 7) is 0.642. The van der Waals surface area contributed by atoms with Crippen molar-refractivity contribution in [1.82, 2.24) is 0 Å². The summed E-state index contributed by atoms with van der Waals surface area (Å²) in [5.41, 5.74) is 1.19. The third-order valence-electron chi connectivity index (χ3n) is 3.16. The molecule has 0 radical (unpaired) electrons. The summed E-state index contributed by atoms with van der Waals surface area (Å²) in [7, 11) is 0. The van der Waals surface area contributed by atoms with Gasteiger partial charge in [-0.05, 0) is 31.2 Å². The van der Waals surface area contributed by atoms with Crippen LogP contribution in [-0.4, -0.2) is 18.2 Å². The summed E-state index contributed by atoms with van der Waals surface area (Å²) < 4.78 is 5.86. The van der Waals surface area contributed by atoms with E-state index in [1.54, 1.807) is 6.08 Å². The van der Waals surface area contributed by atoms with Crippen LogP contribution in [0.4, 0.5) is 0 Å². The van der Waals surface area contributed by atoms with Crippen molar-refractivity contribution in [3.63, 3.8) is 0 Å². The maximum Gasteiger partial charge on any atom is 0.235 e. The number of benzene rings is 1. The minimum atomic E-state index is 0.113. The van der Waals surface area contributed by atoms with Gasteiger partial charge in [0.2, 0.25) is 6.08 Å². The van der Waals surface area contributed by atoms with Crippen LogP contribution in [-0.2, 0) is 16.1 Å². The number of aliphatic imine (C=N–C) groups is 1. The molecule has 0 heterocycles. The second-order valence-electron chi connectivity index (χ2n) is 4.46. The Bertz CT molecular complexity index is 384. The molecule has 2 unspecified atom stereocenters. The van der Waals surface area contributed by atoms with Crippen LogP contribution >= 0.6 is 0 Å². The molecule has 3 heteroatoms. The van der Waals surface area contributed by atoms with Crippen molar-refractivity contribution in [3.8, 4) is 0 Å². The smallest absolute Gasteiger partial charge is 0.235 e. The van der Waals surface area contributed by atoms with Gasteiger partial charge in [-0.2, -0.15) is 0 Å². The highest BCUT2D eigenvalue weighted by molar-refractivity contribution is 5.33. The topological polar surface area (TPSA) is 38.7 Å². The second-order valence-corrected chi connectivity index (χ2v) is 4.46. The van der Waals surface area contributed by atoms with E-state index in [4.69, 9.17) is 4.74 Å². The van der Waals surface area contributed by atoms with Gasteiger partial charge in [0, 0.05) is 0 Å². The average Bonchev–Trinajstić information content (AvgIpc) is 2.39. The molecule has 1 saturated carbocycles. The molecule has 0 aliphatic heterocycles. The van der Waals surface area contributed by atoms with E-state index < -0.39 is 0 Å². The van der Waals surface area contributed by atoms with Gasteiger partial charge in [-0.25, -0.2) is 9.79 Å². The third kappa shape index (κ3) is 3.81. The highest BCUT2D eigenvalue weighted by atomic mass is 16.5. The van der Waals surface area contributed by atoms with Crippen molar-refractivity contribution in [2.45, 2.75) is 44.4 Å². The van der Waals surface area contributed by atoms with Crippen LogP contribution in [0.1, 0.15) is 31.2 Å². The lowest BCUT2D eigenvalue weighted by atomic mass is 9.93. The zero-order chi connectivity index (χ0) is 11.9. The van der Waals surface area contributed by atoms with Gasteiger partial charge in [0.25, 0.3) is 0 Å². The Morgan fingerprint density at radius 3 is 2.88 bits per heavy atom. The highest BCUT2D eigenvalue weighted by Gasteiger charge is 2.21. The predicted octanol–water partition coefficient (Wildman–Crippen LogP) is 2.85. The monoisotopic (exact) mass is 231 g/mol. The van der Waals surface area contributed by atoms with Crippen LogP contribution in [0.25, 0.3) is 0 Å². The molecule has 0 saturated heterocycles. The minimum Gasteiger partial charge on any atom is -0.373 e. The van der Waals surface area contributed by atoms with E-state index in [1.807, 2.05) is 18.2 Å². The summed E-state index contributed by atoms with van der Waals surface area (Å²) in [5.74, 6) is 0. The molecule has 0 N–H and O–H groups in total. The number of nitrogens with zero attached hydrogens (tertiary/aromatic N) is 1. The fourth-order valence-electron chi connectivity index (χ4n) is 2.25. The lowest BCUT2D eigenvalue weighted by Gasteiger charge is -2.26. The first-order valence-electron chi connectivity index (χ1n) is 6.11. The highest BCUT2D eigenvalue weighted by Crippen LogP contribution is 2.24. The van der Waals surface area contributed by atoms with E-state index in [1.165, 1.54) is 5.56 Å². The molecule has 0 spiro atoms. The molecule has 1 aliphatic carbocycles. The molecule has 0 bridgehead atoms. The van der Waals surface area contributed by atoms with Gasteiger partial charge in [0.1, 0.15) is 0 Å². The number of hydrogen-bond acceptors (Lipinski definition) is 3. The largest absolute Gasteiger partial charge is 0.373 e. The van der Waals surface area contributed by atoms with E-state index in [-0.39, 0.29) is 12.1 Å². The summed E-state index contributed by atoms with van der Waals surface area (Å²) >= 11 is 0. The molecule has 0 aromatic heterocycles. The zero-order valence-corrected chi connectivity index (χ0v) is 9.84. The number of rotatable bonds is 4. The molecule has 2 rings (SSSR count). The standard InChI is InChI=1S/C14H17NO2/c16-11-15-13-7-4-8-14(9-13)17-10-12-5-2-1-3-6-12/h1-3,5-6,13-14H,4,7-10H2. The van der Waals surface area contributed by atoms with Crippen molar-refractivity contribution in [2.24, 2.45) is 4.99 Å². The molecule has 0 amide bonds. The fraction of sp³-hybridized carbons (Fsp3) is 0.500. The number of ether oxygens (including phenoxy) is 1. The Morgan fingerprint density at radius 2 is 2.12 bits per heavy atom. The Balaban J connectivity index is 1.81. The molecular formula is C14H17NO2. The molecule has 3 nitrogen and oxygen atoms in total. The van der Waals surface area contributed by atoms with Crippen molar-refractivity contribution < 1.29 is 9.53 Å². The predicted molar refractivity (Wildman–Crippen MR) is 65.4 cm³/mol. The first kappa shape index (κ1) is 12.0. The van der Waals surface area contributed by atoms with E-state index in [0.29, 0.717) is 6.61 Å². The Kier molecular flexibility index (Phi) is 4.48. The maximum absolute atomic E-state index is 10.2. The van der Waals surface area contributed by atoms with Crippen LogP contribution in [0.15, 0.2) is 35.3 Å². The number of hydrogen-bond donors (Lipinski definition) is 0. The molecule has 1 fully saturated rings. The summed E-state index contributed by atoms with van der Waals surface area (Å²) in [5, 5.41) is 0. The van der Waals surface area contributed by atoms with Gasteiger partial charge in [0.15, 0.2) is 0 Å². The average molecular weight is 231 g/mol. The first-order valence-corrected chi connectivity index (χ1v) is 6.11. The molecule has 1 aliphatic rings. The van der Waals surface area contributed by atoms with Gasteiger partial charge in [-0.15, -0.1) is 0 Å². The zero-order valence-electron chi connectivity index (χ0n) is 9.84. The van der Waals surface area contributed by atoms with Gasteiger partial charge in [-0.3, -0.25) is 0 Å². The fourth-order valence-corrected chi connectivity index (χ4v) is 2.25. The van der Waals surface area contributed by atoms with E-state index in [0.717, 1.165) is 25.7 Å². The van der Waals surface area contributed by atoms with Crippen LogP contribution in [0, 0.1) is 0 Å². The molecule has 1 aromatic carbocycles. The van der Waals surface area contributed by atoms with Gasteiger partial charge >= 0.3 is 0 Å². The van der Waals surface area contributed by atoms with Crippen molar-refractivity contribution in [2.75, 3.05) is 0 Å². The van der Waals surface area contributed by atoms with Gasteiger partial charge in [-0.1, -0.05) is 30.3 Å². The van der Waals surface area contributed by atoms with Gasteiger partial charge < -0.3 is 4.74 Å². The van der Waals surface area contributed by atoms with Crippen LogP contribution in [0.2, 0.25) is 0 Å². The SMILES string of the molecule is O=C=NC1CCCC(OCc2ccccc2)C1. The van der Waals surface area contributed by atoms with Gasteiger partial charge in [0.05, 0.1) is 18.8 Å². The summed E-state index contributed by atoms with van der Waals surface area (Å²) in [4.78, 5) is 14.0. The first-order chi connectivity index (χ1) is 8.38. The normalized spacial score (nSPS) is 24.0. The Hall–Kier alpha value is -1.44. The quantitative estimate of drug-likeness (QED) is 0.590. The lowest BCUT2D eigenvalue weighted by Crippen LogP contribution is -2.25. The maximum atomic E-state index is 10.2. The lowest BCUT2D eigenvalue weighted by molar-refractivity contribution is 0.0125. The van der Waals surface area contributed by atoms with Crippen LogP contribution < -0.4 is 0 Å². The van der Waals surface area contributed by atoms with Crippen molar-refractivity contribution in [3.05, 3.63) is 35.9 Å². The summed E-state index contributed by atoms with van der Waals surface area (Å²) in [6.07, 6.45) is 5.86. The van der Waals surface area contributed by atoms with E-state index >= 15 is 0 Å². The minimum absolute atomic E-state index is 0.113. The summed E-state index contributed by atoms with van der Waals surface area (Å²) in [6, 6.07) is 10.3. The van der Waals surface area contributed by atoms with E-state index in [9.17, 15) is 4.79 Å². The second kappa shape index (κ2) is 6.33. The Morgan fingerprint density at radius 1 is 1.29 bits per heavy atom.